The number of H-pyrrole nitrogens is 1. The molecule has 2 aromatic rings. The third kappa shape index (κ3) is 6.37. The average molecular weight is 436 g/mol. The van der Waals surface area contributed by atoms with Crippen LogP contribution in [-0.2, 0) is 16.0 Å². The smallest absolute Gasteiger partial charge is 0.348 e. The van der Waals surface area contributed by atoms with Crippen molar-refractivity contribution in [2.45, 2.75) is 40.3 Å². The van der Waals surface area contributed by atoms with Gasteiger partial charge in [0, 0.05) is 13.1 Å². The number of aryl methyl sites for hydroxylation is 1. The number of esters is 1. The fraction of sp³-hybridized carbons (Fsp3) is 0.571. The second kappa shape index (κ2) is 11.2. The van der Waals surface area contributed by atoms with Crippen LogP contribution in [0.15, 0.2) is 4.79 Å². The molecule has 0 saturated heterocycles. The van der Waals surface area contributed by atoms with Gasteiger partial charge in [0.25, 0.3) is 5.56 Å². The Kier molecular flexibility index (Phi) is 8.99. The summed E-state index contributed by atoms with van der Waals surface area (Å²) < 4.78 is 10.3. The Hall–Kier alpha value is -2.25. The highest BCUT2D eigenvalue weighted by molar-refractivity contribution is 7.20. The molecular formula is C21H29N3O5S. The minimum Gasteiger partial charge on any atom is -0.462 e. The first-order chi connectivity index (χ1) is 14.3. The van der Waals surface area contributed by atoms with E-state index in [-0.39, 0.29) is 25.4 Å². The maximum Gasteiger partial charge on any atom is 0.348 e. The lowest BCUT2D eigenvalue weighted by atomic mass is 10.2. The number of nitrogens with one attached hydrogen (secondary N) is 1. The van der Waals surface area contributed by atoms with Crippen molar-refractivity contribution in [3.63, 3.8) is 0 Å². The monoisotopic (exact) mass is 435 g/mol. The topological polar surface area (TPSA) is 105 Å². The molecule has 0 spiro atoms. The number of aromatic nitrogens is 2. The quantitative estimate of drug-likeness (QED) is 0.316. The second-order valence-electron chi connectivity index (χ2n) is 7.43. The van der Waals surface area contributed by atoms with Gasteiger partial charge in [0.05, 0.1) is 31.2 Å². The summed E-state index contributed by atoms with van der Waals surface area (Å²) in [4.78, 5) is 35.1. The third-order valence-electron chi connectivity index (χ3n) is 4.27. The lowest BCUT2D eigenvalue weighted by molar-refractivity contribution is 0.0232. The standard InChI is InChI=1S/C21H29N3O5S/c1-6-8-28-12-15(25)10-24(9-13(3)4)11-16-22-19(26)17-14(5)18(21(27)29-7-2)30-20(17)23-16/h1,13,15,25H,7-12H2,2-5H3,(H,22,23,26)/t15-/m1/s1. The van der Waals surface area contributed by atoms with E-state index < -0.39 is 12.1 Å². The van der Waals surface area contributed by atoms with E-state index >= 15 is 0 Å². The number of thiophene rings is 1. The van der Waals surface area contributed by atoms with Gasteiger partial charge in [0.1, 0.15) is 22.1 Å². The molecule has 0 aliphatic carbocycles. The molecule has 0 aromatic carbocycles. The van der Waals surface area contributed by atoms with E-state index in [0.29, 0.717) is 52.0 Å². The van der Waals surface area contributed by atoms with Gasteiger partial charge in [-0.05, 0) is 25.3 Å². The number of fused-ring (bicyclic) bond motifs is 1. The molecule has 164 valence electrons. The van der Waals surface area contributed by atoms with E-state index in [1.54, 1.807) is 13.8 Å². The summed E-state index contributed by atoms with van der Waals surface area (Å²) in [5.74, 6) is 2.74. The van der Waals surface area contributed by atoms with Crippen LogP contribution in [0.25, 0.3) is 10.2 Å². The van der Waals surface area contributed by atoms with E-state index in [1.807, 2.05) is 4.90 Å². The molecule has 0 bridgehead atoms. The lowest BCUT2D eigenvalue weighted by Gasteiger charge is -2.26. The van der Waals surface area contributed by atoms with Gasteiger partial charge in [0.15, 0.2) is 0 Å². The molecular weight excluding hydrogens is 406 g/mol. The van der Waals surface area contributed by atoms with Crippen molar-refractivity contribution in [3.8, 4) is 12.3 Å². The van der Waals surface area contributed by atoms with Crippen LogP contribution in [0.1, 0.15) is 41.8 Å². The van der Waals surface area contributed by atoms with E-state index in [2.05, 4.69) is 29.7 Å². The molecule has 0 amide bonds. The highest BCUT2D eigenvalue weighted by atomic mass is 32.1. The number of rotatable bonds is 11. The summed E-state index contributed by atoms with van der Waals surface area (Å²) in [6.45, 7) is 9.54. The van der Waals surface area contributed by atoms with Crippen molar-refractivity contribution in [2.75, 3.05) is 32.9 Å². The predicted octanol–water partition coefficient (Wildman–Crippen LogP) is 1.94. The summed E-state index contributed by atoms with van der Waals surface area (Å²) in [7, 11) is 0. The third-order valence-corrected chi connectivity index (χ3v) is 5.44. The fourth-order valence-electron chi connectivity index (χ4n) is 3.19. The highest BCUT2D eigenvalue weighted by Crippen LogP contribution is 2.27. The van der Waals surface area contributed by atoms with E-state index in [9.17, 15) is 14.7 Å². The molecule has 0 unspecified atom stereocenters. The summed E-state index contributed by atoms with van der Waals surface area (Å²) in [5.41, 5.74) is 0.288. The van der Waals surface area contributed by atoms with Gasteiger partial charge in [-0.1, -0.05) is 19.8 Å². The first-order valence-corrected chi connectivity index (χ1v) is 10.7. The number of hydrogen-bond donors (Lipinski definition) is 2. The number of nitrogens with zero attached hydrogens (tertiary/aromatic N) is 2. The lowest BCUT2D eigenvalue weighted by Crippen LogP contribution is -2.37. The number of aliphatic hydroxyl groups is 1. The van der Waals surface area contributed by atoms with E-state index in [4.69, 9.17) is 15.9 Å². The van der Waals surface area contributed by atoms with Gasteiger partial charge in [-0.3, -0.25) is 9.69 Å². The molecule has 30 heavy (non-hydrogen) atoms. The molecule has 9 heteroatoms. The maximum absolute atomic E-state index is 12.7. The Morgan fingerprint density at radius 3 is 2.77 bits per heavy atom. The van der Waals surface area contributed by atoms with Crippen molar-refractivity contribution in [3.05, 3.63) is 26.6 Å². The van der Waals surface area contributed by atoms with Gasteiger partial charge in [0.2, 0.25) is 0 Å². The van der Waals surface area contributed by atoms with Gasteiger partial charge in [-0.25, -0.2) is 9.78 Å². The number of aromatic amines is 1. The molecule has 0 aliphatic heterocycles. The van der Waals surface area contributed by atoms with Crippen LogP contribution in [0.2, 0.25) is 0 Å². The van der Waals surface area contributed by atoms with E-state index in [1.165, 1.54) is 0 Å². The van der Waals surface area contributed by atoms with Crippen molar-refractivity contribution in [1.29, 1.82) is 0 Å². The summed E-state index contributed by atoms with van der Waals surface area (Å²) >= 11 is 1.16. The Morgan fingerprint density at radius 1 is 1.40 bits per heavy atom. The first kappa shape index (κ1) is 24.0. The SMILES string of the molecule is C#CCOC[C@H](O)CN(Cc1nc2sc(C(=O)OCC)c(C)c2c(=O)[nH]1)CC(C)C. The molecule has 0 aliphatic rings. The van der Waals surface area contributed by atoms with Gasteiger partial charge in [-0.15, -0.1) is 17.8 Å². The van der Waals surface area contributed by atoms with Crippen molar-refractivity contribution in [2.24, 2.45) is 5.92 Å². The van der Waals surface area contributed by atoms with Crippen molar-refractivity contribution < 1.29 is 19.4 Å². The van der Waals surface area contributed by atoms with Crippen LogP contribution in [0.5, 0.6) is 0 Å². The number of hydrogen-bond acceptors (Lipinski definition) is 8. The number of carbonyl (C=O) groups excluding carboxylic acids is 1. The van der Waals surface area contributed by atoms with Gasteiger partial charge >= 0.3 is 5.97 Å². The number of terminal acetylenes is 1. The van der Waals surface area contributed by atoms with Crippen LogP contribution in [0.3, 0.4) is 0 Å². The van der Waals surface area contributed by atoms with Crippen LogP contribution >= 0.6 is 11.3 Å². The molecule has 0 radical (unpaired) electrons. The Morgan fingerprint density at radius 2 is 2.13 bits per heavy atom. The summed E-state index contributed by atoms with van der Waals surface area (Å²) in [5, 5.41) is 10.6. The zero-order valence-corrected chi connectivity index (χ0v) is 18.7. The maximum atomic E-state index is 12.7. The first-order valence-electron chi connectivity index (χ1n) is 9.87. The number of ether oxygens (including phenoxy) is 2. The second-order valence-corrected chi connectivity index (χ2v) is 8.43. The Balaban J connectivity index is 2.25. The molecule has 2 aromatic heterocycles. The molecule has 2 heterocycles. The average Bonchev–Trinajstić information content (AvgIpc) is 2.98. The molecule has 1 atom stereocenters. The zero-order valence-electron chi connectivity index (χ0n) is 17.9. The molecule has 0 fully saturated rings. The normalized spacial score (nSPS) is 12.5. The summed E-state index contributed by atoms with van der Waals surface area (Å²) in [6, 6.07) is 0. The van der Waals surface area contributed by atoms with Gasteiger partial charge < -0.3 is 19.6 Å². The van der Waals surface area contributed by atoms with Gasteiger partial charge in [-0.2, -0.15) is 0 Å². The fourth-order valence-corrected chi connectivity index (χ4v) is 4.29. The predicted molar refractivity (Wildman–Crippen MR) is 117 cm³/mol. The largest absolute Gasteiger partial charge is 0.462 e. The zero-order chi connectivity index (χ0) is 22.3. The molecule has 0 saturated carbocycles. The van der Waals surface area contributed by atoms with Crippen LogP contribution in [0.4, 0.5) is 0 Å². The minimum absolute atomic E-state index is 0.134. The molecule has 8 nitrogen and oxygen atoms in total. The minimum atomic E-state index is -0.716. The Labute approximate surface area is 180 Å². The van der Waals surface area contributed by atoms with Crippen LogP contribution < -0.4 is 5.56 Å². The number of aliphatic hydroxyl groups excluding tert-OH is 1. The summed E-state index contributed by atoms with van der Waals surface area (Å²) in [6.07, 6.45) is 4.44. The van der Waals surface area contributed by atoms with Crippen LogP contribution in [-0.4, -0.2) is 65.0 Å². The molecule has 2 N–H and O–H groups in total. The highest BCUT2D eigenvalue weighted by Gasteiger charge is 2.21. The van der Waals surface area contributed by atoms with Crippen LogP contribution in [0, 0.1) is 25.2 Å². The molecule has 2 rings (SSSR count). The van der Waals surface area contributed by atoms with Crippen molar-refractivity contribution in [1.82, 2.24) is 14.9 Å². The van der Waals surface area contributed by atoms with E-state index in [0.717, 1.165) is 11.3 Å². The Bertz CT molecular complexity index is 960. The van der Waals surface area contributed by atoms with Crippen molar-refractivity contribution >= 4 is 27.5 Å². The number of carbonyl (C=O) groups is 1.